The van der Waals surface area contributed by atoms with Crippen LogP contribution in [0.25, 0.3) is 0 Å². The van der Waals surface area contributed by atoms with Crippen molar-refractivity contribution in [3.8, 4) is 0 Å². The molecule has 0 unspecified atom stereocenters. The summed E-state index contributed by atoms with van der Waals surface area (Å²) in [6, 6.07) is 0. The molecule has 1 N–H and O–H groups in total. The number of piperidine rings is 1. The molecule has 1 heterocycles. The average molecular weight is 238 g/mol. The van der Waals surface area contributed by atoms with Crippen LogP contribution in [-0.2, 0) is 4.79 Å². The SMILES string of the molecule is C[C@H](Cl)C(=O)N1CC[C@H](O)[C@@H](CCF)C1. The van der Waals surface area contributed by atoms with Gasteiger partial charge in [-0.2, -0.15) is 0 Å². The van der Waals surface area contributed by atoms with E-state index in [0.29, 0.717) is 25.9 Å². The summed E-state index contributed by atoms with van der Waals surface area (Å²) in [6.45, 7) is 2.10. The van der Waals surface area contributed by atoms with Gasteiger partial charge in [0.05, 0.1) is 12.8 Å². The highest BCUT2D eigenvalue weighted by atomic mass is 35.5. The number of carbonyl (C=O) groups is 1. The summed E-state index contributed by atoms with van der Waals surface area (Å²) in [5.74, 6) is -0.282. The second kappa shape index (κ2) is 5.66. The number of aliphatic hydroxyl groups is 1. The fraction of sp³-hybridized carbons (Fsp3) is 0.900. The van der Waals surface area contributed by atoms with Gasteiger partial charge in [-0.15, -0.1) is 11.6 Å². The van der Waals surface area contributed by atoms with Gasteiger partial charge in [-0.3, -0.25) is 9.18 Å². The molecule has 1 amide bonds. The molecule has 0 bridgehead atoms. The van der Waals surface area contributed by atoms with Crippen LogP contribution in [0, 0.1) is 5.92 Å². The first kappa shape index (κ1) is 12.7. The largest absolute Gasteiger partial charge is 0.393 e. The van der Waals surface area contributed by atoms with Crippen molar-refractivity contribution in [2.45, 2.75) is 31.2 Å². The first-order valence-electron chi connectivity index (χ1n) is 5.23. The molecule has 0 spiro atoms. The van der Waals surface area contributed by atoms with Crippen molar-refractivity contribution in [1.82, 2.24) is 4.90 Å². The molecule has 15 heavy (non-hydrogen) atoms. The molecule has 88 valence electrons. The third-order valence-corrected chi connectivity index (χ3v) is 3.01. The van der Waals surface area contributed by atoms with Gasteiger partial charge in [0.15, 0.2) is 0 Å². The monoisotopic (exact) mass is 237 g/mol. The van der Waals surface area contributed by atoms with Gasteiger partial charge in [-0.05, 0) is 19.8 Å². The number of alkyl halides is 2. The smallest absolute Gasteiger partial charge is 0.240 e. The summed E-state index contributed by atoms with van der Waals surface area (Å²) >= 11 is 5.69. The average Bonchev–Trinajstić information content (AvgIpc) is 2.20. The fourth-order valence-electron chi connectivity index (χ4n) is 1.90. The topological polar surface area (TPSA) is 40.5 Å². The fourth-order valence-corrected chi connectivity index (χ4v) is 2.03. The van der Waals surface area contributed by atoms with E-state index in [1.807, 2.05) is 0 Å². The quantitative estimate of drug-likeness (QED) is 0.749. The van der Waals surface area contributed by atoms with Gasteiger partial charge in [0.2, 0.25) is 5.91 Å². The lowest BCUT2D eigenvalue weighted by molar-refractivity contribution is -0.134. The van der Waals surface area contributed by atoms with Crippen LogP contribution in [0.1, 0.15) is 19.8 Å². The molecule has 0 aromatic carbocycles. The summed E-state index contributed by atoms with van der Waals surface area (Å²) in [4.78, 5) is 13.2. The van der Waals surface area contributed by atoms with Crippen molar-refractivity contribution in [3.05, 3.63) is 0 Å². The number of nitrogens with zero attached hydrogens (tertiary/aromatic N) is 1. The normalized spacial score (nSPS) is 28.9. The molecule has 1 aliphatic heterocycles. The molecule has 0 aromatic rings. The lowest BCUT2D eigenvalue weighted by atomic mass is 9.92. The molecule has 1 rings (SSSR count). The van der Waals surface area contributed by atoms with Crippen LogP contribution >= 0.6 is 11.6 Å². The number of hydrogen-bond acceptors (Lipinski definition) is 2. The van der Waals surface area contributed by atoms with E-state index < -0.39 is 18.2 Å². The number of aliphatic hydroxyl groups excluding tert-OH is 1. The minimum absolute atomic E-state index is 0.132. The third kappa shape index (κ3) is 3.31. The van der Waals surface area contributed by atoms with E-state index in [1.54, 1.807) is 11.8 Å². The van der Waals surface area contributed by atoms with Crippen molar-refractivity contribution in [2.75, 3.05) is 19.8 Å². The van der Waals surface area contributed by atoms with Crippen LogP contribution in [0.15, 0.2) is 0 Å². The number of carbonyl (C=O) groups excluding carboxylic acids is 1. The van der Waals surface area contributed by atoms with Crippen molar-refractivity contribution < 1.29 is 14.3 Å². The maximum Gasteiger partial charge on any atom is 0.240 e. The summed E-state index contributed by atoms with van der Waals surface area (Å²) < 4.78 is 12.2. The number of hydrogen-bond donors (Lipinski definition) is 1. The highest BCUT2D eigenvalue weighted by Crippen LogP contribution is 2.21. The van der Waals surface area contributed by atoms with Crippen LogP contribution in [0.5, 0.6) is 0 Å². The number of amides is 1. The Hall–Kier alpha value is -0.350. The van der Waals surface area contributed by atoms with Crippen LogP contribution in [0.4, 0.5) is 4.39 Å². The maximum absolute atomic E-state index is 12.2. The van der Waals surface area contributed by atoms with E-state index in [9.17, 15) is 14.3 Å². The van der Waals surface area contributed by atoms with Crippen LogP contribution in [0.3, 0.4) is 0 Å². The van der Waals surface area contributed by atoms with E-state index in [2.05, 4.69) is 0 Å². The standard InChI is InChI=1S/C10H17ClFNO2/c1-7(11)10(15)13-5-3-9(14)8(6-13)2-4-12/h7-9,14H,2-6H2,1H3/t7-,8-,9-/m0/s1. The van der Waals surface area contributed by atoms with E-state index in [4.69, 9.17) is 11.6 Å². The molecule has 1 saturated heterocycles. The van der Waals surface area contributed by atoms with Gasteiger partial charge >= 0.3 is 0 Å². The lowest BCUT2D eigenvalue weighted by Gasteiger charge is -2.36. The molecule has 0 aromatic heterocycles. The second-order valence-electron chi connectivity index (χ2n) is 3.99. The predicted molar refractivity (Wildman–Crippen MR) is 56.6 cm³/mol. The Morgan fingerprint density at radius 1 is 1.73 bits per heavy atom. The predicted octanol–water partition coefficient (Wildman–Crippen LogP) is 1.18. The molecule has 0 aliphatic carbocycles. The molecule has 0 saturated carbocycles. The van der Waals surface area contributed by atoms with E-state index >= 15 is 0 Å². The van der Waals surface area contributed by atoms with Gasteiger partial charge < -0.3 is 10.0 Å². The maximum atomic E-state index is 12.2. The first-order chi connectivity index (χ1) is 7.06. The number of halogens is 2. The zero-order chi connectivity index (χ0) is 11.4. The van der Waals surface area contributed by atoms with Crippen molar-refractivity contribution in [3.63, 3.8) is 0 Å². The highest BCUT2D eigenvalue weighted by Gasteiger charge is 2.31. The summed E-state index contributed by atoms with van der Waals surface area (Å²) in [5, 5.41) is 9.05. The Kier molecular flexibility index (Phi) is 4.80. The van der Waals surface area contributed by atoms with E-state index in [0.717, 1.165) is 0 Å². The van der Waals surface area contributed by atoms with Gasteiger partial charge in [0, 0.05) is 19.0 Å². The summed E-state index contributed by atoms with van der Waals surface area (Å²) in [7, 11) is 0. The van der Waals surface area contributed by atoms with Gasteiger partial charge in [0.25, 0.3) is 0 Å². The molecule has 0 radical (unpaired) electrons. The second-order valence-corrected chi connectivity index (χ2v) is 4.65. The van der Waals surface area contributed by atoms with Crippen molar-refractivity contribution in [2.24, 2.45) is 5.92 Å². The number of likely N-dealkylation sites (tertiary alicyclic amines) is 1. The summed E-state index contributed by atoms with van der Waals surface area (Å²) in [5.41, 5.74) is 0. The Labute approximate surface area is 94.2 Å². The Morgan fingerprint density at radius 3 is 2.93 bits per heavy atom. The lowest BCUT2D eigenvalue weighted by Crippen LogP contribution is -2.48. The van der Waals surface area contributed by atoms with Crippen LogP contribution in [0.2, 0.25) is 0 Å². The van der Waals surface area contributed by atoms with Gasteiger partial charge in [-0.25, -0.2) is 0 Å². The van der Waals surface area contributed by atoms with Crippen molar-refractivity contribution in [1.29, 1.82) is 0 Å². The molecule has 3 atom stereocenters. The Balaban J connectivity index is 2.53. The molecule has 1 fully saturated rings. The van der Waals surface area contributed by atoms with Gasteiger partial charge in [-0.1, -0.05) is 0 Å². The summed E-state index contributed by atoms with van der Waals surface area (Å²) in [6.07, 6.45) is 0.331. The molecule has 3 nitrogen and oxygen atoms in total. The third-order valence-electron chi connectivity index (χ3n) is 2.83. The molecule has 5 heteroatoms. The molecular weight excluding hydrogens is 221 g/mol. The highest BCUT2D eigenvalue weighted by molar-refractivity contribution is 6.30. The zero-order valence-corrected chi connectivity index (χ0v) is 9.58. The van der Waals surface area contributed by atoms with E-state index in [1.165, 1.54) is 0 Å². The minimum Gasteiger partial charge on any atom is -0.393 e. The molecule has 1 aliphatic rings. The molecular formula is C10H17ClFNO2. The van der Waals surface area contributed by atoms with Crippen molar-refractivity contribution >= 4 is 17.5 Å². The van der Waals surface area contributed by atoms with Crippen LogP contribution in [-0.4, -0.2) is 47.2 Å². The first-order valence-corrected chi connectivity index (χ1v) is 5.66. The zero-order valence-electron chi connectivity index (χ0n) is 8.83. The Bertz CT molecular complexity index is 225. The Morgan fingerprint density at radius 2 is 2.40 bits per heavy atom. The van der Waals surface area contributed by atoms with Crippen LogP contribution < -0.4 is 0 Å². The minimum atomic E-state index is -0.550. The number of rotatable bonds is 3. The van der Waals surface area contributed by atoms with Gasteiger partial charge in [0.1, 0.15) is 5.38 Å². The van der Waals surface area contributed by atoms with E-state index in [-0.39, 0.29) is 11.8 Å².